The van der Waals surface area contributed by atoms with Crippen LogP contribution in [0.15, 0.2) is 53.6 Å². The van der Waals surface area contributed by atoms with Gasteiger partial charge in [-0.1, -0.05) is 42.5 Å². The molecule has 0 unspecified atom stereocenters. The van der Waals surface area contributed by atoms with Crippen LogP contribution in [0.3, 0.4) is 0 Å². The average Bonchev–Trinajstić information content (AvgIpc) is 2.41. The van der Waals surface area contributed by atoms with E-state index in [1.165, 1.54) is 0 Å². The third-order valence-corrected chi connectivity index (χ3v) is 2.95. The Balaban J connectivity index is 2.06. The van der Waals surface area contributed by atoms with E-state index in [0.29, 0.717) is 5.56 Å². The lowest BCUT2D eigenvalue weighted by atomic mass is 10.1. The first-order valence-electron chi connectivity index (χ1n) is 6.13. The largest absolute Gasteiger partial charge is 0.271 e. The second-order valence-electron chi connectivity index (χ2n) is 4.37. The zero-order valence-electron chi connectivity index (χ0n) is 11.1. The van der Waals surface area contributed by atoms with Crippen molar-refractivity contribution in [2.24, 2.45) is 5.10 Å². The van der Waals surface area contributed by atoms with E-state index in [1.54, 1.807) is 12.3 Å². The molecule has 0 spiro atoms. The summed E-state index contributed by atoms with van der Waals surface area (Å²) in [6.07, 6.45) is 1.66. The Morgan fingerprint density at radius 2 is 1.63 bits per heavy atom. The van der Waals surface area contributed by atoms with E-state index in [9.17, 15) is 4.79 Å². The van der Waals surface area contributed by atoms with Gasteiger partial charge in [-0.15, -0.1) is 0 Å². The molecular weight excluding hydrogens is 236 g/mol. The van der Waals surface area contributed by atoms with Gasteiger partial charge in [0, 0.05) is 5.56 Å². The Hall–Kier alpha value is -2.42. The Labute approximate surface area is 113 Å². The molecule has 0 aliphatic heterocycles. The van der Waals surface area contributed by atoms with Crippen molar-refractivity contribution in [2.75, 3.05) is 0 Å². The molecule has 2 rings (SSSR count). The normalized spacial score (nSPS) is 10.6. The number of carbonyl (C=O) groups excluding carboxylic acids is 1. The molecule has 0 saturated carbocycles. The van der Waals surface area contributed by atoms with Crippen molar-refractivity contribution in [2.45, 2.75) is 13.8 Å². The van der Waals surface area contributed by atoms with Crippen LogP contribution < -0.4 is 5.43 Å². The number of aryl methyl sites for hydroxylation is 2. The number of hydrazone groups is 1. The Bertz CT molecular complexity index is 618. The zero-order valence-corrected chi connectivity index (χ0v) is 11.1. The van der Waals surface area contributed by atoms with Crippen molar-refractivity contribution in [1.29, 1.82) is 0 Å². The van der Waals surface area contributed by atoms with E-state index < -0.39 is 0 Å². The smallest absolute Gasteiger partial charge is 0.267 e. The topological polar surface area (TPSA) is 41.5 Å². The predicted molar refractivity (Wildman–Crippen MR) is 77.4 cm³/mol. The molecule has 0 saturated heterocycles. The summed E-state index contributed by atoms with van der Waals surface area (Å²) in [5.74, 6) is -0.192. The van der Waals surface area contributed by atoms with E-state index >= 15 is 0 Å². The minimum atomic E-state index is -0.192. The molecule has 2 aromatic carbocycles. The molecule has 19 heavy (non-hydrogen) atoms. The maximum absolute atomic E-state index is 11.9. The van der Waals surface area contributed by atoms with Crippen molar-refractivity contribution in [3.8, 4) is 0 Å². The molecule has 0 fully saturated rings. The van der Waals surface area contributed by atoms with Gasteiger partial charge in [0.2, 0.25) is 0 Å². The minimum Gasteiger partial charge on any atom is -0.267 e. The van der Waals surface area contributed by atoms with E-state index in [0.717, 1.165) is 16.7 Å². The van der Waals surface area contributed by atoms with Gasteiger partial charge in [0.25, 0.3) is 5.91 Å². The van der Waals surface area contributed by atoms with Crippen LogP contribution in [0.25, 0.3) is 0 Å². The third-order valence-electron chi connectivity index (χ3n) is 2.95. The number of carbonyl (C=O) groups is 1. The molecule has 96 valence electrons. The molecule has 2 aromatic rings. The molecule has 1 amide bonds. The fourth-order valence-electron chi connectivity index (χ4n) is 1.78. The van der Waals surface area contributed by atoms with Crippen LogP contribution in [0.4, 0.5) is 0 Å². The first kappa shape index (κ1) is 13.0. The van der Waals surface area contributed by atoms with Gasteiger partial charge in [-0.2, -0.15) is 5.10 Å². The summed E-state index contributed by atoms with van der Waals surface area (Å²) < 4.78 is 0. The minimum absolute atomic E-state index is 0.192. The maximum atomic E-state index is 11.9. The number of nitrogens with zero attached hydrogens (tertiary/aromatic N) is 1. The Morgan fingerprint density at radius 1 is 1.00 bits per heavy atom. The maximum Gasteiger partial charge on any atom is 0.271 e. The van der Waals surface area contributed by atoms with Gasteiger partial charge in [-0.25, -0.2) is 5.43 Å². The summed E-state index contributed by atoms with van der Waals surface area (Å²) in [7, 11) is 0. The van der Waals surface area contributed by atoms with Crippen LogP contribution in [0.2, 0.25) is 0 Å². The van der Waals surface area contributed by atoms with Gasteiger partial charge in [-0.3, -0.25) is 4.79 Å². The van der Waals surface area contributed by atoms with Crippen LogP contribution in [-0.2, 0) is 0 Å². The van der Waals surface area contributed by atoms with E-state index in [2.05, 4.69) is 10.5 Å². The summed E-state index contributed by atoms with van der Waals surface area (Å²) >= 11 is 0. The number of nitrogens with one attached hydrogen (secondary N) is 1. The molecule has 0 heterocycles. The lowest BCUT2D eigenvalue weighted by Gasteiger charge is -2.03. The lowest BCUT2D eigenvalue weighted by Crippen LogP contribution is -2.18. The van der Waals surface area contributed by atoms with Crippen LogP contribution in [0, 0.1) is 13.8 Å². The van der Waals surface area contributed by atoms with Gasteiger partial charge in [0.15, 0.2) is 0 Å². The molecule has 0 aromatic heterocycles. The summed E-state index contributed by atoms with van der Waals surface area (Å²) in [5, 5.41) is 4.00. The zero-order chi connectivity index (χ0) is 13.7. The molecule has 3 heteroatoms. The molecule has 0 bridgehead atoms. The van der Waals surface area contributed by atoms with Crippen LogP contribution >= 0.6 is 0 Å². The van der Waals surface area contributed by atoms with Crippen molar-refractivity contribution in [1.82, 2.24) is 5.43 Å². The fourth-order valence-corrected chi connectivity index (χ4v) is 1.78. The number of amides is 1. The average molecular weight is 252 g/mol. The summed E-state index contributed by atoms with van der Waals surface area (Å²) in [6.45, 7) is 3.91. The second-order valence-corrected chi connectivity index (χ2v) is 4.37. The molecule has 0 atom stereocenters. The predicted octanol–water partition coefficient (Wildman–Crippen LogP) is 3.07. The van der Waals surface area contributed by atoms with Crippen LogP contribution in [0.5, 0.6) is 0 Å². The molecule has 0 aliphatic rings. The van der Waals surface area contributed by atoms with Gasteiger partial charge in [0.1, 0.15) is 0 Å². The van der Waals surface area contributed by atoms with Crippen LogP contribution in [-0.4, -0.2) is 12.1 Å². The van der Waals surface area contributed by atoms with E-state index in [4.69, 9.17) is 0 Å². The number of benzene rings is 2. The monoisotopic (exact) mass is 252 g/mol. The summed E-state index contributed by atoms with van der Waals surface area (Å²) in [5.41, 5.74) is 6.24. The highest BCUT2D eigenvalue weighted by Crippen LogP contribution is 2.06. The van der Waals surface area contributed by atoms with Crippen molar-refractivity contribution in [3.63, 3.8) is 0 Å². The van der Waals surface area contributed by atoms with Crippen molar-refractivity contribution < 1.29 is 4.79 Å². The molecular formula is C16H16N2O. The van der Waals surface area contributed by atoms with Crippen molar-refractivity contribution >= 4 is 12.1 Å². The number of hydrogen-bond donors (Lipinski definition) is 1. The first-order valence-corrected chi connectivity index (χ1v) is 6.13. The highest BCUT2D eigenvalue weighted by molar-refractivity contribution is 5.96. The molecule has 0 radical (unpaired) electrons. The van der Waals surface area contributed by atoms with Gasteiger partial charge < -0.3 is 0 Å². The second kappa shape index (κ2) is 5.96. The third kappa shape index (κ3) is 3.28. The Kier molecular flexibility index (Phi) is 4.08. The van der Waals surface area contributed by atoms with Crippen LogP contribution in [0.1, 0.15) is 27.0 Å². The standard InChI is InChI=1S/C16H16N2O/c1-12-7-3-5-9-14(12)11-17-18-16(19)15-10-6-4-8-13(15)2/h3-11H,1-2H3,(H,18,19). The SMILES string of the molecule is Cc1ccccc1C=NNC(=O)c1ccccc1C. The van der Waals surface area contributed by atoms with E-state index in [1.807, 2.05) is 56.3 Å². The quantitative estimate of drug-likeness (QED) is 0.662. The number of hydrogen-bond acceptors (Lipinski definition) is 2. The molecule has 1 N–H and O–H groups in total. The highest BCUT2D eigenvalue weighted by atomic mass is 16.2. The number of rotatable bonds is 3. The summed E-state index contributed by atoms with van der Waals surface area (Å²) in [6, 6.07) is 15.3. The first-order chi connectivity index (χ1) is 9.18. The van der Waals surface area contributed by atoms with Gasteiger partial charge >= 0.3 is 0 Å². The molecule has 0 aliphatic carbocycles. The van der Waals surface area contributed by atoms with Crippen molar-refractivity contribution in [3.05, 3.63) is 70.8 Å². The lowest BCUT2D eigenvalue weighted by molar-refractivity contribution is 0.0954. The fraction of sp³-hybridized carbons (Fsp3) is 0.125. The van der Waals surface area contributed by atoms with Gasteiger partial charge in [0.05, 0.1) is 6.21 Å². The Morgan fingerprint density at radius 3 is 2.32 bits per heavy atom. The summed E-state index contributed by atoms with van der Waals surface area (Å²) in [4.78, 5) is 11.9. The molecule has 3 nitrogen and oxygen atoms in total. The van der Waals surface area contributed by atoms with Gasteiger partial charge in [-0.05, 0) is 36.6 Å². The van der Waals surface area contributed by atoms with E-state index in [-0.39, 0.29) is 5.91 Å². The highest BCUT2D eigenvalue weighted by Gasteiger charge is 2.06.